The second kappa shape index (κ2) is 7.18. The van der Waals surface area contributed by atoms with E-state index in [0.717, 1.165) is 17.2 Å². The van der Waals surface area contributed by atoms with Gasteiger partial charge in [0, 0.05) is 31.9 Å². The molecule has 3 aromatic rings. The number of fused-ring (bicyclic) bond motifs is 1. The van der Waals surface area contributed by atoms with Crippen LogP contribution in [0.25, 0.3) is 10.8 Å². The molecule has 3 rings (SSSR count). The minimum atomic E-state index is -0.0225. The monoisotopic (exact) mass is 318 g/mol. The Bertz CT molecular complexity index is 838. The summed E-state index contributed by atoms with van der Waals surface area (Å²) in [5, 5.41) is 5.24. The van der Waals surface area contributed by atoms with Gasteiger partial charge in [0.1, 0.15) is 0 Å². The van der Waals surface area contributed by atoms with Crippen LogP contribution in [0, 0.1) is 0 Å². The molecule has 0 spiro atoms. The van der Waals surface area contributed by atoms with Gasteiger partial charge in [-0.1, -0.05) is 42.5 Å². The molecule has 0 aliphatic heterocycles. The molecule has 3 aromatic carbocycles. The lowest BCUT2D eigenvalue weighted by atomic mass is 10.1. The molecule has 0 fully saturated rings. The summed E-state index contributed by atoms with van der Waals surface area (Å²) in [4.78, 5) is 14.4. The van der Waals surface area contributed by atoms with Gasteiger partial charge in [0.2, 0.25) is 0 Å². The largest absolute Gasteiger partial charge is 0.378 e. The van der Waals surface area contributed by atoms with Crippen LogP contribution in [0.2, 0.25) is 0 Å². The third kappa shape index (κ3) is 3.74. The Hall–Kier alpha value is -2.81. The summed E-state index contributed by atoms with van der Waals surface area (Å²) in [6, 6.07) is 22.3. The zero-order valence-corrected chi connectivity index (χ0v) is 14.1. The van der Waals surface area contributed by atoms with Crippen LogP contribution >= 0.6 is 0 Å². The molecule has 0 aliphatic rings. The van der Waals surface area contributed by atoms with Crippen molar-refractivity contribution < 1.29 is 4.79 Å². The molecule has 0 bridgehead atoms. The highest BCUT2D eigenvalue weighted by molar-refractivity contribution is 5.98. The minimum absolute atomic E-state index is 0.0225. The summed E-state index contributed by atoms with van der Waals surface area (Å²) in [5.41, 5.74) is 3.11. The molecule has 0 unspecified atom stereocenters. The van der Waals surface area contributed by atoms with Crippen LogP contribution in [0.5, 0.6) is 0 Å². The first-order valence-electron chi connectivity index (χ1n) is 8.17. The van der Waals surface area contributed by atoms with Crippen LogP contribution in [0.15, 0.2) is 66.7 Å². The normalized spacial score (nSPS) is 10.6. The van der Waals surface area contributed by atoms with E-state index in [1.54, 1.807) is 0 Å². The number of amides is 1. The van der Waals surface area contributed by atoms with E-state index in [4.69, 9.17) is 0 Å². The van der Waals surface area contributed by atoms with Gasteiger partial charge in [0.05, 0.1) is 0 Å². The topological polar surface area (TPSA) is 32.3 Å². The lowest BCUT2D eigenvalue weighted by Gasteiger charge is -2.12. The van der Waals surface area contributed by atoms with Crippen LogP contribution in [-0.4, -0.2) is 26.5 Å². The van der Waals surface area contributed by atoms with E-state index in [0.29, 0.717) is 12.1 Å². The molecular weight excluding hydrogens is 296 g/mol. The van der Waals surface area contributed by atoms with Crippen molar-refractivity contribution in [1.82, 2.24) is 5.32 Å². The maximum Gasteiger partial charge on any atom is 0.251 e. The number of hydrogen-bond donors (Lipinski definition) is 1. The quantitative estimate of drug-likeness (QED) is 0.774. The highest BCUT2D eigenvalue weighted by Crippen LogP contribution is 2.16. The fraction of sp³-hybridized carbons (Fsp3) is 0.190. The van der Waals surface area contributed by atoms with Gasteiger partial charge in [-0.25, -0.2) is 0 Å². The first-order valence-corrected chi connectivity index (χ1v) is 8.17. The summed E-state index contributed by atoms with van der Waals surface area (Å²) in [7, 11) is 4.05. The van der Waals surface area contributed by atoms with E-state index < -0.39 is 0 Å². The number of nitrogens with zero attached hydrogens (tertiary/aromatic N) is 1. The molecule has 0 saturated heterocycles. The van der Waals surface area contributed by atoms with Crippen molar-refractivity contribution in [2.24, 2.45) is 0 Å². The average Bonchev–Trinajstić information content (AvgIpc) is 2.61. The fourth-order valence-corrected chi connectivity index (χ4v) is 2.71. The Kier molecular flexibility index (Phi) is 4.80. The molecular formula is C21H22N2O. The van der Waals surface area contributed by atoms with Gasteiger partial charge in [0.15, 0.2) is 0 Å². The minimum Gasteiger partial charge on any atom is -0.378 e. The first-order chi connectivity index (χ1) is 11.6. The smallest absolute Gasteiger partial charge is 0.251 e. The van der Waals surface area contributed by atoms with Gasteiger partial charge in [-0.05, 0) is 47.0 Å². The maximum atomic E-state index is 12.3. The molecule has 3 nitrogen and oxygen atoms in total. The summed E-state index contributed by atoms with van der Waals surface area (Å²) >= 11 is 0. The van der Waals surface area contributed by atoms with E-state index in [1.807, 2.05) is 50.5 Å². The third-order valence-electron chi connectivity index (χ3n) is 4.16. The highest BCUT2D eigenvalue weighted by atomic mass is 16.1. The van der Waals surface area contributed by atoms with E-state index in [9.17, 15) is 4.79 Å². The highest BCUT2D eigenvalue weighted by Gasteiger charge is 2.06. The van der Waals surface area contributed by atoms with Crippen molar-refractivity contribution in [3.63, 3.8) is 0 Å². The van der Waals surface area contributed by atoms with Crippen LogP contribution in [0.1, 0.15) is 15.9 Å². The number of benzene rings is 3. The summed E-state index contributed by atoms with van der Waals surface area (Å²) < 4.78 is 0. The predicted molar refractivity (Wildman–Crippen MR) is 101 cm³/mol. The number of carbonyl (C=O) groups is 1. The third-order valence-corrected chi connectivity index (χ3v) is 4.16. The van der Waals surface area contributed by atoms with Gasteiger partial charge in [0.25, 0.3) is 5.91 Å². The van der Waals surface area contributed by atoms with Crippen LogP contribution in [-0.2, 0) is 6.42 Å². The number of nitrogens with one attached hydrogen (secondary N) is 1. The van der Waals surface area contributed by atoms with E-state index in [-0.39, 0.29) is 5.91 Å². The van der Waals surface area contributed by atoms with Crippen LogP contribution < -0.4 is 10.2 Å². The molecule has 0 radical (unpaired) electrons. The summed E-state index contributed by atoms with van der Waals surface area (Å²) in [6.07, 6.45) is 0.826. The second-order valence-electron chi connectivity index (χ2n) is 6.13. The number of anilines is 1. The Morgan fingerprint density at radius 3 is 2.33 bits per heavy atom. The Morgan fingerprint density at radius 2 is 1.62 bits per heavy atom. The summed E-state index contributed by atoms with van der Waals surface area (Å²) in [5.74, 6) is -0.0225. The number of carbonyl (C=O) groups excluding carboxylic acids is 1. The molecule has 122 valence electrons. The van der Waals surface area contributed by atoms with Crippen molar-refractivity contribution in [1.29, 1.82) is 0 Å². The van der Waals surface area contributed by atoms with Crippen molar-refractivity contribution in [2.75, 3.05) is 25.5 Å². The Labute approximate surface area is 142 Å². The van der Waals surface area contributed by atoms with Gasteiger partial charge in [-0.2, -0.15) is 0 Å². The predicted octanol–water partition coefficient (Wildman–Crippen LogP) is 3.88. The number of hydrogen-bond acceptors (Lipinski definition) is 2. The van der Waals surface area contributed by atoms with Crippen molar-refractivity contribution in [3.8, 4) is 0 Å². The van der Waals surface area contributed by atoms with Crippen molar-refractivity contribution >= 4 is 22.4 Å². The van der Waals surface area contributed by atoms with Crippen LogP contribution in [0.3, 0.4) is 0 Å². The SMILES string of the molecule is CN(C)c1ccc(CCNC(=O)c2ccc3ccccc3c2)cc1. The van der Waals surface area contributed by atoms with Crippen molar-refractivity contribution in [2.45, 2.75) is 6.42 Å². The molecule has 3 heteroatoms. The first kappa shape index (κ1) is 16.1. The van der Waals surface area contributed by atoms with E-state index in [1.165, 1.54) is 11.3 Å². The molecule has 0 atom stereocenters. The summed E-state index contributed by atoms with van der Waals surface area (Å²) in [6.45, 7) is 0.632. The maximum absolute atomic E-state index is 12.3. The standard InChI is InChI=1S/C21H22N2O/c1-23(2)20-11-7-16(8-12-20)13-14-22-21(24)19-10-9-17-5-3-4-6-18(17)15-19/h3-12,15H,13-14H2,1-2H3,(H,22,24). The Morgan fingerprint density at radius 1 is 0.917 bits per heavy atom. The zero-order chi connectivity index (χ0) is 16.9. The van der Waals surface area contributed by atoms with Gasteiger partial charge in [-0.3, -0.25) is 4.79 Å². The number of rotatable bonds is 5. The molecule has 1 amide bonds. The molecule has 0 aromatic heterocycles. The molecule has 0 saturated carbocycles. The second-order valence-corrected chi connectivity index (χ2v) is 6.13. The van der Waals surface area contributed by atoms with Gasteiger partial charge in [-0.15, -0.1) is 0 Å². The fourth-order valence-electron chi connectivity index (χ4n) is 2.71. The lowest BCUT2D eigenvalue weighted by Crippen LogP contribution is -2.25. The average molecular weight is 318 g/mol. The lowest BCUT2D eigenvalue weighted by molar-refractivity contribution is 0.0954. The molecule has 24 heavy (non-hydrogen) atoms. The molecule has 0 heterocycles. The van der Waals surface area contributed by atoms with E-state index in [2.05, 4.69) is 40.5 Å². The van der Waals surface area contributed by atoms with E-state index >= 15 is 0 Å². The van der Waals surface area contributed by atoms with Gasteiger partial charge < -0.3 is 10.2 Å². The van der Waals surface area contributed by atoms with Gasteiger partial charge >= 0.3 is 0 Å². The van der Waals surface area contributed by atoms with Crippen LogP contribution in [0.4, 0.5) is 5.69 Å². The Balaban J connectivity index is 1.58. The molecule has 0 aliphatic carbocycles. The molecule has 1 N–H and O–H groups in total. The zero-order valence-electron chi connectivity index (χ0n) is 14.1. The van der Waals surface area contributed by atoms with Crippen molar-refractivity contribution in [3.05, 3.63) is 77.9 Å².